The molecule has 0 spiro atoms. The van der Waals surface area contributed by atoms with Crippen molar-refractivity contribution in [3.05, 3.63) is 0 Å². The van der Waals surface area contributed by atoms with E-state index in [-0.39, 0.29) is 0 Å². The van der Waals surface area contributed by atoms with Gasteiger partial charge >= 0.3 is 0 Å². The number of nitrogens with one attached hydrogen (secondary N) is 1. The van der Waals surface area contributed by atoms with E-state index < -0.39 is 0 Å². The van der Waals surface area contributed by atoms with E-state index in [0.717, 1.165) is 23.9 Å². The van der Waals surface area contributed by atoms with Crippen molar-refractivity contribution in [3.63, 3.8) is 0 Å². The maximum absolute atomic E-state index is 3.52. The molecule has 16 heavy (non-hydrogen) atoms. The van der Waals surface area contributed by atoms with Gasteiger partial charge in [0.25, 0.3) is 0 Å². The van der Waals surface area contributed by atoms with Crippen LogP contribution >= 0.6 is 0 Å². The third-order valence-electron chi connectivity index (χ3n) is 4.53. The van der Waals surface area contributed by atoms with E-state index in [1.807, 2.05) is 0 Å². The van der Waals surface area contributed by atoms with Crippen LogP contribution in [0.5, 0.6) is 0 Å². The number of nitrogens with zero attached hydrogens (tertiary/aromatic N) is 1. The molecule has 2 aliphatic rings. The minimum absolute atomic E-state index is 0.723. The molecule has 0 bridgehead atoms. The first kappa shape index (κ1) is 12.4. The van der Waals surface area contributed by atoms with Crippen LogP contribution in [-0.4, -0.2) is 36.6 Å². The van der Waals surface area contributed by atoms with E-state index in [4.69, 9.17) is 0 Å². The quantitative estimate of drug-likeness (QED) is 0.775. The molecule has 0 amide bonds. The van der Waals surface area contributed by atoms with Gasteiger partial charge in [-0.05, 0) is 38.5 Å². The van der Waals surface area contributed by atoms with Crippen molar-refractivity contribution in [2.24, 2.45) is 11.8 Å². The van der Waals surface area contributed by atoms with Gasteiger partial charge in [-0.1, -0.05) is 19.8 Å². The largest absolute Gasteiger partial charge is 0.314 e. The summed E-state index contributed by atoms with van der Waals surface area (Å²) in [5, 5.41) is 3.52. The third-order valence-corrected chi connectivity index (χ3v) is 4.53. The van der Waals surface area contributed by atoms with E-state index in [1.54, 1.807) is 0 Å². The second-order valence-electron chi connectivity index (χ2n) is 6.19. The van der Waals surface area contributed by atoms with Crippen molar-refractivity contribution in [1.29, 1.82) is 0 Å². The summed E-state index contributed by atoms with van der Waals surface area (Å²) in [5.74, 6) is 1.93. The highest BCUT2D eigenvalue weighted by Crippen LogP contribution is 2.30. The van der Waals surface area contributed by atoms with E-state index >= 15 is 0 Å². The molecule has 1 heterocycles. The second-order valence-corrected chi connectivity index (χ2v) is 6.19. The lowest BCUT2D eigenvalue weighted by Gasteiger charge is -2.42. The number of hydrogen-bond acceptors (Lipinski definition) is 2. The second kappa shape index (κ2) is 5.50. The molecule has 2 unspecified atom stereocenters. The lowest BCUT2D eigenvalue weighted by molar-refractivity contribution is 0.0805. The summed E-state index contributed by atoms with van der Waals surface area (Å²) in [4.78, 5) is 2.74. The van der Waals surface area contributed by atoms with E-state index in [9.17, 15) is 0 Å². The van der Waals surface area contributed by atoms with Crippen molar-refractivity contribution >= 4 is 0 Å². The first-order valence-corrected chi connectivity index (χ1v) is 7.13. The average molecular weight is 224 g/mol. The molecule has 2 rings (SSSR count). The molecular weight excluding hydrogens is 196 g/mol. The van der Waals surface area contributed by atoms with Gasteiger partial charge in [-0.2, -0.15) is 0 Å². The fraction of sp³-hybridized carbons (Fsp3) is 1.00. The molecule has 4 atom stereocenters. The van der Waals surface area contributed by atoms with Gasteiger partial charge in [-0.25, -0.2) is 0 Å². The summed E-state index contributed by atoms with van der Waals surface area (Å²) < 4.78 is 0. The van der Waals surface area contributed by atoms with Gasteiger partial charge < -0.3 is 5.32 Å². The van der Waals surface area contributed by atoms with Gasteiger partial charge in [0.2, 0.25) is 0 Å². The van der Waals surface area contributed by atoms with Crippen LogP contribution in [0.1, 0.15) is 46.5 Å². The third kappa shape index (κ3) is 2.98. The molecule has 1 aliphatic heterocycles. The summed E-state index contributed by atoms with van der Waals surface area (Å²) >= 11 is 0. The molecular formula is C14H28N2. The van der Waals surface area contributed by atoms with Crippen LogP contribution in [0, 0.1) is 11.8 Å². The van der Waals surface area contributed by atoms with Gasteiger partial charge in [0.1, 0.15) is 0 Å². The highest BCUT2D eigenvalue weighted by Gasteiger charge is 2.28. The van der Waals surface area contributed by atoms with Crippen LogP contribution < -0.4 is 5.32 Å². The monoisotopic (exact) mass is 224 g/mol. The zero-order chi connectivity index (χ0) is 11.5. The summed E-state index contributed by atoms with van der Waals surface area (Å²) in [6, 6.07) is 1.45. The van der Waals surface area contributed by atoms with Gasteiger partial charge in [0.15, 0.2) is 0 Å². The van der Waals surface area contributed by atoms with Gasteiger partial charge in [0.05, 0.1) is 0 Å². The summed E-state index contributed by atoms with van der Waals surface area (Å²) in [6.45, 7) is 10.9. The Morgan fingerprint density at radius 2 is 1.75 bits per heavy atom. The molecule has 0 aromatic carbocycles. The first-order chi connectivity index (χ1) is 7.66. The lowest BCUT2D eigenvalue weighted by Crippen LogP contribution is -2.56. The molecule has 0 aromatic heterocycles. The Hall–Kier alpha value is -0.0800. The average Bonchev–Trinajstić information content (AvgIpc) is 2.24. The highest BCUT2D eigenvalue weighted by molar-refractivity contribution is 4.85. The summed E-state index contributed by atoms with van der Waals surface area (Å²) in [6.07, 6.45) is 5.85. The first-order valence-electron chi connectivity index (χ1n) is 7.13. The predicted molar refractivity (Wildman–Crippen MR) is 69.6 cm³/mol. The highest BCUT2D eigenvalue weighted by atomic mass is 15.2. The van der Waals surface area contributed by atoms with Crippen molar-refractivity contribution in [3.8, 4) is 0 Å². The van der Waals surface area contributed by atoms with Crippen LogP contribution in [-0.2, 0) is 0 Å². The molecule has 2 heteroatoms. The summed E-state index contributed by atoms with van der Waals surface area (Å²) in [5.41, 5.74) is 0. The fourth-order valence-corrected chi connectivity index (χ4v) is 3.55. The molecule has 1 saturated carbocycles. The molecule has 0 aromatic rings. The molecule has 1 saturated heterocycles. The van der Waals surface area contributed by atoms with Crippen molar-refractivity contribution in [2.75, 3.05) is 19.6 Å². The van der Waals surface area contributed by atoms with Crippen LogP contribution in [0.2, 0.25) is 0 Å². The number of hydrogen-bond donors (Lipinski definition) is 1. The Kier molecular flexibility index (Phi) is 4.26. The number of rotatable bonds is 2. The maximum atomic E-state index is 3.52. The lowest BCUT2D eigenvalue weighted by atomic mass is 9.82. The molecule has 0 radical (unpaired) electrons. The van der Waals surface area contributed by atoms with Crippen molar-refractivity contribution in [2.45, 2.75) is 58.5 Å². The van der Waals surface area contributed by atoms with Gasteiger partial charge in [-0.15, -0.1) is 0 Å². The molecule has 1 aliphatic carbocycles. The van der Waals surface area contributed by atoms with Crippen LogP contribution in [0.4, 0.5) is 0 Å². The standard InChI is InChI=1S/C14H28N2/c1-11-5-4-6-14(7-11)10-16-12(2)8-15-9-13(16)3/h11-15H,4-10H2,1-3H3/t11?,12-,13+,14?. The van der Waals surface area contributed by atoms with Crippen LogP contribution in [0.15, 0.2) is 0 Å². The summed E-state index contributed by atoms with van der Waals surface area (Å²) in [7, 11) is 0. The molecule has 1 N–H and O–H groups in total. The Morgan fingerprint density at radius 1 is 1.06 bits per heavy atom. The predicted octanol–water partition coefficient (Wildman–Crippen LogP) is 2.49. The maximum Gasteiger partial charge on any atom is 0.0195 e. The Balaban J connectivity index is 1.86. The smallest absolute Gasteiger partial charge is 0.0195 e. The normalized spacial score (nSPS) is 42.2. The minimum Gasteiger partial charge on any atom is -0.314 e. The Labute approximate surface area is 101 Å². The molecule has 2 fully saturated rings. The zero-order valence-corrected chi connectivity index (χ0v) is 11.2. The minimum atomic E-state index is 0.723. The van der Waals surface area contributed by atoms with Crippen molar-refractivity contribution in [1.82, 2.24) is 10.2 Å². The van der Waals surface area contributed by atoms with Gasteiger partial charge in [-0.3, -0.25) is 4.90 Å². The van der Waals surface area contributed by atoms with Crippen LogP contribution in [0.25, 0.3) is 0 Å². The van der Waals surface area contributed by atoms with Crippen molar-refractivity contribution < 1.29 is 0 Å². The van der Waals surface area contributed by atoms with Gasteiger partial charge in [0, 0.05) is 31.7 Å². The molecule has 94 valence electrons. The SMILES string of the molecule is CC1CCCC(CN2[C@H](C)CNC[C@@H]2C)C1. The number of piperazine rings is 1. The Morgan fingerprint density at radius 3 is 2.38 bits per heavy atom. The van der Waals surface area contributed by atoms with E-state index in [2.05, 4.69) is 31.0 Å². The molecule has 2 nitrogen and oxygen atoms in total. The van der Waals surface area contributed by atoms with E-state index in [1.165, 1.54) is 45.3 Å². The topological polar surface area (TPSA) is 15.3 Å². The van der Waals surface area contributed by atoms with E-state index in [0.29, 0.717) is 0 Å². The zero-order valence-electron chi connectivity index (χ0n) is 11.2. The Bertz CT molecular complexity index is 207. The van der Waals surface area contributed by atoms with Crippen LogP contribution in [0.3, 0.4) is 0 Å². The fourth-order valence-electron chi connectivity index (χ4n) is 3.55.